The topological polar surface area (TPSA) is 61.7 Å². The van der Waals surface area contributed by atoms with E-state index in [0.29, 0.717) is 5.95 Å². The van der Waals surface area contributed by atoms with Gasteiger partial charge in [0.1, 0.15) is 5.52 Å². The molecule has 0 amide bonds. The number of hydrogen-bond acceptors (Lipinski definition) is 4. The smallest absolute Gasteiger partial charge is 0.202 e. The molecule has 1 unspecified atom stereocenters. The van der Waals surface area contributed by atoms with Crippen LogP contribution in [0.5, 0.6) is 0 Å². The van der Waals surface area contributed by atoms with Crippen LogP contribution >= 0.6 is 11.8 Å². The quantitative estimate of drug-likeness (QED) is 0.920. The van der Waals surface area contributed by atoms with Gasteiger partial charge in [-0.15, -0.1) is 0 Å². The zero-order valence-electron chi connectivity index (χ0n) is 10.9. The van der Waals surface area contributed by atoms with Crippen molar-refractivity contribution in [2.45, 2.75) is 33.4 Å². The Labute approximate surface area is 111 Å². The number of rotatable bonds is 3. The fourth-order valence-corrected chi connectivity index (χ4v) is 3.90. The fraction of sp³-hybridized carbons (Fsp3) is 0.667. The molecule has 18 heavy (non-hydrogen) atoms. The third kappa shape index (κ3) is 1.79. The second-order valence-electron chi connectivity index (χ2n) is 4.88. The molecule has 0 spiro atoms. The summed E-state index contributed by atoms with van der Waals surface area (Å²) in [4.78, 5) is 4.47. The highest BCUT2D eigenvalue weighted by Crippen LogP contribution is 2.28. The Kier molecular flexibility index (Phi) is 2.97. The molecule has 1 atom stereocenters. The third-order valence-electron chi connectivity index (χ3n) is 3.59. The number of aromatic nitrogens is 4. The minimum Gasteiger partial charge on any atom is -0.369 e. The molecule has 0 aromatic carbocycles. The first-order chi connectivity index (χ1) is 8.70. The van der Waals surface area contributed by atoms with Crippen LogP contribution < -0.4 is 5.73 Å². The van der Waals surface area contributed by atoms with Gasteiger partial charge in [0.2, 0.25) is 5.95 Å². The molecule has 0 aliphatic carbocycles. The van der Waals surface area contributed by atoms with E-state index in [1.807, 2.05) is 23.4 Å². The van der Waals surface area contributed by atoms with E-state index in [1.165, 1.54) is 17.9 Å². The molecular formula is C12H19N5S. The summed E-state index contributed by atoms with van der Waals surface area (Å²) in [5.41, 5.74) is 9.09. The van der Waals surface area contributed by atoms with E-state index in [4.69, 9.17) is 5.73 Å². The van der Waals surface area contributed by atoms with Crippen molar-refractivity contribution >= 4 is 28.9 Å². The lowest BCUT2D eigenvalue weighted by atomic mass is 10.1. The number of imidazole rings is 1. The molecule has 0 saturated carbocycles. The number of nitrogen functional groups attached to an aromatic ring is 1. The molecule has 0 radical (unpaired) electrons. The van der Waals surface area contributed by atoms with Crippen molar-refractivity contribution in [1.29, 1.82) is 0 Å². The van der Waals surface area contributed by atoms with Gasteiger partial charge in [-0.3, -0.25) is 4.57 Å². The van der Waals surface area contributed by atoms with Gasteiger partial charge in [0, 0.05) is 13.1 Å². The van der Waals surface area contributed by atoms with E-state index < -0.39 is 0 Å². The molecule has 2 aromatic rings. The monoisotopic (exact) mass is 265 g/mol. The molecule has 98 valence electrons. The Balaban J connectivity index is 2.05. The lowest BCUT2D eigenvalue weighted by Crippen LogP contribution is -2.14. The molecular weight excluding hydrogens is 246 g/mol. The largest absolute Gasteiger partial charge is 0.369 e. The van der Waals surface area contributed by atoms with Crippen LogP contribution in [0.4, 0.5) is 5.95 Å². The van der Waals surface area contributed by atoms with Crippen molar-refractivity contribution in [3.05, 3.63) is 5.69 Å². The van der Waals surface area contributed by atoms with Gasteiger partial charge in [0.25, 0.3) is 0 Å². The van der Waals surface area contributed by atoms with Crippen LogP contribution in [-0.4, -0.2) is 30.8 Å². The number of nitrogens with two attached hydrogens (primary N) is 1. The van der Waals surface area contributed by atoms with E-state index in [1.54, 1.807) is 0 Å². The van der Waals surface area contributed by atoms with E-state index >= 15 is 0 Å². The molecule has 1 aliphatic heterocycles. The van der Waals surface area contributed by atoms with Crippen LogP contribution in [0.1, 0.15) is 19.0 Å². The van der Waals surface area contributed by atoms with Gasteiger partial charge in [-0.2, -0.15) is 16.9 Å². The average molecular weight is 265 g/mol. The van der Waals surface area contributed by atoms with E-state index in [2.05, 4.69) is 21.6 Å². The number of nitrogens with zero attached hydrogens (tertiary/aromatic N) is 4. The summed E-state index contributed by atoms with van der Waals surface area (Å²) in [6.45, 7) is 5.93. The van der Waals surface area contributed by atoms with Gasteiger partial charge in [-0.25, -0.2) is 9.67 Å². The molecule has 3 rings (SSSR count). The highest BCUT2D eigenvalue weighted by Gasteiger charge is 2.21. The fourth-order valence-electron chi connectivity index (χ4n) is 2.63. The van der Waals surface area contributed by atoms with Gasteiger partial charge in [-0.1, -0.05) is 0 Å². The summed E-state index contributed by atoms with van der Waals surface area (Å²) in [7, 11) is 0. The normalized spacial score (nSPS) is 20.0. The van der Waals surface area contributed by atoms with Crippen molar-refractivity contribution in [2.75, 3.05) is 17.2 Å². The summed E-state index contributed by atoms with van der Waals surface area (Å²) in [5.74, 6) is 3.85. The minimum atomic E-state index is 0.629. The Morgan fingerprint density at radius 2 is 2.33 bits per heavy atom. The Bertz CT molecular complexity index is 565. The van der Waals surface area contributed by atoms with Crippen molar-refractivity contribution in [1.82, 2.24) is 19.3 Å². The molecule has 1 aliphatic rings. The first-order valence-corrected chi connectivity index (χ1v) is 7.63. The highest BCUT2D eigenvalue weighted by atomic mass is 32.2. The van der Waals surface area contributed by atoms with Crippen LogP contribution in [-0.2, 0) is 13.1 Å². The Morgan fingerprint density at radius 1 is 1.50 bits per heavy atom. The van der Waals surface area contributed by atoms with Crippen LogP contribution in [0.15, 0.2) is 0 Å². The maximum absolute atomic E-state index is 6.07. The zero-order valence-corrected chi connectivity index (χ0v) is 11.7. The molecule has 2 N–H and O–H groups in total. The summed E-state index contributed by atoms with van der Waals surface area (Å²) < 4.78 is 4.16. The van der Waals surface area contributed by atoms with Gasteiger partial charge < -0.3 is 5.73 Å². The van der Waals surface area contributed by atoms with Gasteiger partial charge in [-0.05, 0) is 37.7 Å². The van der Waals surface area contributed by atoms with Crippen molar-refractivity contribution in [3.63, 3.8) is 0 Å². The lowest BCUT2D eigenvalue weighted by Gasteiger charge is -2.12. The second-order valence-corrected chi connectivity index (χ2v) is 6.03. The maximum Gasteiger partial charge on any atom is 0.202 e. The predicted molar refractivity (Wildman–Crippen MR) is 75.8 cm³/mol. The first kappa shape index (κ1) is 11.9. The Morgan fingerprint density at radius 3 is 3.00 bits per heavy atom. The molecule has 6 heteroatoms. The summed E-state index contributed by atoms with van der Waals surface area (Å²) in [6, 6.07) is 0. The van der Waals surface area contributed by atoms with Gasteiger partial charge in [0.05, 0.1) is 5.69 Å². The van der Waals surface area contributed by atoms with Crippen molar-refractivity contribution in [3.8, 4) is 0 Å². The lowest BCUT2D eigenvalue weighted by molar-refractivity contribution is 0.495. The minimum absolute atomic E-state index is 0.629. The highest BCUT2D eigenvalue weighted by molar-refractivity contribution is 7.99. The Hall–Kier alpha value is -1.17. The van der Waals surface area contributed by atoms with Crippen LogP contribution in [0.25, 0.3) is 11.2 Å². The maximum atomic E-state index is 6.07. The molecule has 2 aromatic heterocycles. The van der Waals surface area contributed by atoms with Crippen molar-refractivity contribution < 1.29 is 0 Å². The SMILES string of the molecule is CCn1nc(C)c2nc(N)n(CC3CCSC3)c21. The predicted octanol–water partition coefficient (Wildman–Crippen LogP) is 1.90. The standard InChI is InChI=1S/C12H19N5S/c1-3-17-11-10(8(2)15-17)14-12(13)16(11)6-9-4-5-18-7-9/h9H,3-7H2,1-2H3,(H2,13,14). The van der Waals surface area contributed by atoms with Crippen LogP contribution in [0.3, 0.4) is 0 Å². The number of aryl methyl sites for hydroxylation is 2. The van der Waals surface area contributed by atoms with E-state index in [0.717, 1.165) is 35.9 Å². The zero-order chi connectivity index (χ0) is 12.7. The summed E-state index contributed by atoms with van der Waals surface area (Å²) >= 11 is 2.03. The molecule has 1 fully saturated rings. The molecule has 1 saturated heterocycles. The number of anilines is 1. The van der Waals surface area contributed by atoms with E-state index in [-0.39, 0.29) is 0 Å². The third-order valence-corrected chi connectivity index (χ3v) is 4.82. The molecule has 0 bridgehead atoms. The van der Waals surface area contributed by atoms with Crippen LogP contribution in [0, 0.1) is 12.8 Å². The first-order valence-electron chi connectivity index (χ1n) is 6.47. The van der Waals surface area contributed by atoms with Gasteiger partial charge >= 0.3 is 0 Å². The van der Waals surface area contributed by atoms with Gasteiger partial charge in [0.15, 0.2) is 5.65 Å². The summed E-state index contributed by atoms with van der Waals surface area (Å²) in [6.07, 6.45) is 1.28. The number of thioether (sulfide) groups is 1. The van der Waals surface area contributed by atoms with E-state index in [9.17, 15) is 0 Å². The molecule has 5 nitrogen and oxygen atoms in total. The van der Waals surface area contributed by atoms with Crippen molar-refractivity contribution in [2.24, 2.45) is 5.92 Å². The molecule has 3 heterocycles. The second kappa shape index (κ2) is 4.50. The number of hydrogen-bond donors (Lipinski definition) is 1. The average Bonchev–Trinajstić information content (AvgIpc) is 3.02. The van der Waals surface area contributed by atoms with Crippen LogP contribution in [0.2, 0.25) is 0 Å². The summed E-state index contributed by atoms with van der Waals surface area (Å²) in [5, 5.41) is 4.52. The number of fused-ring (bicyclic) bond motifs is 1.